The summed E-state index contributed by atoms with van der Waals surface area (Å²) in [5, 5.41) is 7.12. The molecule has 0 aromatic rings. The predicted molar refractivity (Wildman–Crippen MR) is 38.9 cm³/mol. The minimum Gasteiger partial charge on any atom is -0.364 e. The van der Waals surface area contributed by atoms with Crippen molar-refractivity contribution in [3.05, 3.63) is 12.2 Å². The Balaban J connectivity index is 2.83. The topological polar surface area (TPSA) is 67.8 Å². The number of rotatable bonds is 1. The molecule has 4 heteroatoms. The second-order valence-electron chi connectivity index (χ2n) is 1.79. The number of carbonyl (C=O) groups is 1. The van der Waals surface area contributed by atoms with Crippen molar-refractivity contribution in [2.24, 2.45) is 15.9 Å². The van der Waals surface area contributed by atoms with Crippen LogP contribution in [-0.2, 0) is 4.79 Å². The molecule has 0 spiro atoms. The van der Waals surface area contributed by atoms with E-state index in [-0.39, 0.29) is 5.71 Å². The van der Waals surface area contributed by atoms with Crippen molar-refractivity contribution in [1.82, 2.24) is 0 Å². The maximum absolute atomic E-state index is 10.5. The number of hydrogen-bond acceptors (Lipinski definition) is 3. The Morgan fingerprint density at radius 2 is 2.50 bits per heavy atom. The highest BCUT2D eigenvalue weighted by atomic mass is 16.1. The fourth-order valence-electron chi connectivity index (χ4n) is 0.555. The maximum Gasteiger partial charge on any atom is 0.269 e. The van der Waals surface area contributed by atoms with Gasteiger partial charge in [-0.2, -0.15) is 5.10 Å². The van der Waals surface area contributed by atoms with Crippen LogP contribution in [0, 0.1) is 0 Å². The summed E-state index contributed by atoms with van der Waals surface area (Å²) in [5.74, 6) is -0.546. The Bertz CT molecular complexity index is 227. The normalized spacial score (nSPS) is 16.2. The molecule has 1 aliphatic rings. The van der Waals surface area contributed by atoms with Crippen molar-refractivity contribution in [2.75, 3.05) is 0 Å². The molecule has 1 aliphatic heterocycles. The molecule has 10 heavy (non-hydrogen) atoms. The molecule has 0 unspecified atom stereocenters. The van der Waals surface area contributed by atoms with Gasteiger partial charge < -0.3 is 5.73 Å². The summed E-state index contributed by atoms with van der Waals surface area (Å²) >= 11 is 0. The highest BCUT2D eigenvalue weighted by Crippen LogP contribution is 1.90. The van der Waals surface area contributed by atoms with Crippen molar-refractivity contribution in [2.45, 2.75) is 6.42 Å². The molecule has 0 atom stereocenters. The van der Waals surface area contributed by atoms with Crippen LogP contribution in [0.25, 0.3) is 0 Å². The summed E-state index contributed by atoms with van der Waals surface area (Å²) < 4.78 is 0. The summed E-state index contributed by atoms with van der Waals surface area (Å²) in [7, 11) is 0. The molecule has 52 valence electrons. The molecule has 0 saturated heterocycles. The van der Waals surface area contributed by atoms with E-state index in [9.17, 15) is 4.79 Å². The second kappa shape index (κ2) is 2.91. The Labute approximate surface area is 58.1 Å². The zero-order valence-electron chi connectivity index (χ0n) is 5.32. The third-order valence-electron chi connectivity index (χ3n) is 1.02. The van der Waals surface area contributed by atoms with Crippen molar-refractivity contribution in [3.8, 4) is 0 Å². The molecule has 0 aliphatic carbocycles. The molecular weight excluding hydrogens is 130 g/mol. The summed E-state index contributed by atoms with van der Waals surface area (Å²) in [5.41, 5.74) is 5.14. The summed E-state index contributed by atoms with van der Waals surface area (Å²) in [4.78, 5) is 10.5. The lowest BCUT2D eigenvalue weighted by Crippen LogP contribution is -2.20. The van der Waals surface area contributed by atoms with Gasteiger partial charge in [-0.1, -0.05) is 6.08 Å². The molecule has 0 fully saturated rings. The predicted octanol–water partition coefficient (Wildman–Crippen LogP) is -0.142. The van der Waals surface area contributed by atoms with E-state index < -0.39 is 5.91 Å². The minimum atomic E-state index is -0.546. The first-order valence-electron chi connectivity index (χ1n) is 2.86. The summed E-state index contributed by atoms with van der Waals surface area (Å²) in [6.45, 7) is 0. The van der Waals surface area contributed by atoms with Gasteiger partial charge >= 0.3 is 0 Å². The third-order valence-corrected chi connectivity index (χ3v) is 1.02. The minimum absolute atomic E-state index is 0.203. The molecule has 0 aromatic heterocycles. The molecule has 0 aromatic carbocycles. The van der Waals surface area contributed by atoms with Crippen LogP contribution in [0.5, 0.6) is 0 Å². The second-order valence-corrected chi connectivity index (χ2v) is 1.79. The third kappa shape index (κ3) is 1.51. The van der Waals surface area contributed by atoms with Gasteiger partial charge in [0.15, 0.2) is 0 Å². The van der Waals surface area contributed by atoms with Crippen LogP contribution in [0.15, 0.2) is 22.4 Å². The van der Waals surface area contributed by atoms with Gasteiger partial charge in [-0.25, -0.2) is 0 Å². The monoisotopic (exact) mass is 137 g/mol. The van der Waals surface area contributed by atoms with Gasteiger partial charge in [0.25, 0.3) is 5.91 Å². The van der Waals surface area contributed by atoms with Crippen LogP contribution in [-0.4, -0.2) is 17.8 Å². The number of carbonyl (C=O) groups excluding carboxylic acids is 1. The van der Waals surface area contributed by atoms with E-state index in [0.717, 1.165) is 0 Å². The first-order chi connectivity index (χ1) is 4.80. The van der Waals surface area contributed by atoms with E-state index in [0.29, 0.717) is 6.42 Å². The van der Waals surface area contributed by atoms with E-state index in [1.165, 1.54) is 0 Å². The summed E-state index contributed by atoms with van der Waals surface area (Å²) in [6.07, 6.45) is 5.64. The van der Waals surface area contributed by atoms with Crippen LogP contribution in [0.2, 0.25) is 0 Å². The highest BCUT2D eigenvalue weighted by Gasteiger charge is 2.01. The van der Waals surface area contributed by atoms with Gasteiger partial charge in [0.1, 0.15) is 5.71 Å². The average Bonchev–Trinajstić information content (AvgIpc) is 2.12. The average molecular weight is 137 g/mol. The smallest absolute Gasteiger partial charge is 0.269 e. The maximum atomic E-state index is 10.5. The van der Waals surface area contributed by atoms with Gasteiger partial charge in [-0.3, -0.25) is 4.79 Å². The lowest BCUT2D eigenvalue weighted by molar-refractivity contribution is -0.111. The van der Waals surface area contributed by atoms with Crippen LogP contribution in [0.3, 0.4) is 0 Å². The number of nitrogens with zero attached hydrogens (tertiary/aromatic N) is 2. The lowest BCUT2D eigenvalue weighted by atomic mass is 10.3. The molecule has 0 radical (unpaired) electrons. The molecule has 1 rings (SSSR count). The van der Waals surface area contributed by atoms with Crippen LogP contribution >= 0.6 is 0 Å². The first kappa shape index (κ1) is 6.67. The Kier molecular flexibility index (Phi) is 1.94. The lowest BCUT2D eigenvalue weighted by Gasteiger charge is -1.86. The molecule has 1 heterocycles. The quantitative estimate of drug-likeness (QED) is 0.537. The fourth-order valence-corrected chi connectivity index (χ4v) is 0.555. The van der Waals surface area contributed by atoms with E-state index >= 15 is 0 Å². The van der Waals surface area contributed by atoms with Crippen molar-refractivity contribution in [3.63, 3.8) is 0 Å². The first-order valence-corrected chi connectivity index (χ1v) is 2.86. The standard InChI is InChI=1S/C6H7N3O/c7-6(10)5-3-1-2-4-8-9-5/h1,3-4H,2H2,(H2,7,10). The van der Waals surface area contributed by atoms with Gasteiger partial charge in [0.05, 0.1) is 0 Å². The zero-order chi connectivity index (χ0) is 7.40. The van der Waals surface area contributed by atoms with Gasteiger partial charge in [0.2, 0.25) is 0 Å². The van der Waals surface area contributed by atoms with Gasteiger partial charge in [-0.15, -0.1) is 5.10 Å². The van der Waals surface area contributed by atoms with Gasteiger partial charge in [-0.05, 0) is 6.08 Å². The number of hydrogen-bond donors (Lipinski definition) is 1. The molecule has 1 amide bonds. The molecule has 0 saturated carbocycles. The fraction of sp³-hybridized carbons (Fsp3) is 0.167. The van der Waals surface area contributed by atoms with E-state index in [1.54, 1.807) is 18.4 Å². The summed E-state index contributed by atoms with van der Waals surface area (Å²) in [6, 6.07) is 0. The van der Waals surface area contributed by atoms with Crippen LogP contribution < -0.4 is 5.73 Å². The van der Waals surface area contributed by atoms with Gasteiger partial charge in [0, 0.05) is 12.6 Å². The Hall–Kier alpha value is -1.45. The van der Waals surface area contributed by atoms with E-state index in [2.05, 4.69) is 10.2 Å². The van der Waals surface area contributed by atoms with E-state index in [1.807, 2.05) is 0 Å². The molecule has 4 nitrogen and oxygen atoms in total. The Morgan fingerprint density at radius 3 is 3.20 bits per heavy atom. The zero-order valence-corrected chi connectivity index (χ0v) is 5.32. The van der Waals surface area contributed by atoms with Crippen molar-refractivity contribution < 1.29 is 4.79 Å². The molecular formula is C6H7N3O. The molecule has 0 bridgehead atoms. The Morgan fingerprint density at radius 1 is 1.70 bits per heavy atom. The van der Waals surface area contributed by atoms with Crippen molar-refractivity contribution in [1.29, 1.82) is 0 Å². The van der Waals surface area contributed by atoms with Crippen LogP contribution in [0.1, 0.15) is 6.42 Å². The highest BCUT2D eigenvalue weighted by molar-refractivity contribution is 6.42. The largest absolute Gasteiger partial charge is 0.364 e. The van der Waals surface area contributed by atoms with Crippen molar-refractivity contribution >= 4 is 17.8 Å². The molecule has 2 N–H and O–H groups in total. The van der Waals surface area contributed by atoms with E-state index in [4.69, 9.17) is 5.73 Å². The number of allylic oxidation sites excluding steroid dienone is 1. The number of nitrogens with two attached hydrogens (primary N) is 1. The SMILES string of the molecule is NC(=O)C1=NN=CCC=C1. The van der Waals surface area contributed by atoms with Crippen LogP contribution in [0.4, 0.5) is 0 Å². The number of primary amides is 1. The number of amides is 1.